The Balaban J connectivity index is 2.07. The van der Waals surface area contributed by atoms with E-state index in [0.29, 0.717) is 11.7 Å². The first-order valence-electron chi connectivity index (χ1n) is 8.46. The van der Waals surface area contributed by atoms with Crippen LogP contribution in [0.5, 0.6) is 0 Å². The van der Waals surface area contributed by atoms with E-state index in [1.807, 2.05) is 10.8 Å². The van der Waals surface area contributed by atoms with Crippen LogP contribution in [0.2, 0.25) is 0 Å². The molecule has 2 rings (SSSR count). The molecule has 0 aromatic carbocycles. The van der Waals surface area contributed by atoms with Crippen LogP contribution in [-0.4, -0.2) is 41.4 Å². The zero-order valence-electron chi connectivity index (χ0n) is 16.0. The van der Waals surface area contributed by atoms with Gasteiger partial charge in [-0.05, 0) is 6.08 Å². The molecule has 0 saturated carbocycles. The molecule has 0 bridgehead atoms. The molecule has 0 saturated heterocycles. The molecule has 2 aromatic heterocycles. The summed E-state index contributed by atoms with van der Waals surface area (Å²) in [7, 11) is 2.74. The van der Waals surface area contributed by atoms with E-state index >= 15 is 0 Å². The Kier molecular flexibility index (Phi) is 7.70. The molecule has 0 aliphatic heterocycles. The van der Waals surface area contributed by atoms with Gasteiger partial charge in [-0.2, -0.15) is 0 Å². The molecule has 0 aliphatic rings. The van der Waals surface area contributed by atoms with Gasteiger partial charge in [0.15, 0.2) is 0 Å². The summed E-state index contributed by atoms with van der Waals surface area (Å²) in [6, 6.07) is 0. The maximum Gasteiger partial charge on any atom is 0.333 e. The number of aliphatic hydroxyl groups is 1. The van der Waals surface area contributed by atoms with Crippen LogP contribution in [0.15, 0.2) is 28.7 Å². The number of esters is 1. The predicted molar refractivity (Wildman–Crippen MR) is 109 cm³/mol. The van der Waals surface area contributed by atoms with Crippen molar-refractivity contribution in [2.45, 2.75) is 32.8 Å². The minimum atomic E-state index is -0.835. The first kappa shape index (κ1) is 21.3. The quantitative estimate of drug-likeness (QED) is 0.402. The van der Waals surface area contributed by atoms with Crippen molar-refractivity contribution in [1.29, 1.82) is 0 Å². The SMILES string of the molecule is COC(=O)C=C(OC)[C@H](C)[C@@H](O)C=Cc1csc(-c2csc(C(C)C)n2)n1. The van der Waals surface area contributed by atoms with Crippen molar-refractivity contribution in [2.24, 2.45) is 5.92 Å². The monoisotopic (exact) mass is 408 g/mol. The van der Waals surface area contributed by atoms with E-state index in [1.165, 1.54) is 31.6 Å². The summed E-state index contributed by atoms with van der Waals surface area (Å²) in [6.45, 7) is 6.00. The molecular weight excluding hydrogens is 384 g/mol. The number of thiazole rings is 2. The molecule has 0 aliphatic carbocycles. The van der Waals surface area contributed by atoms with Gasteiger partial charge in [-0.25, -0.2) is 14.8 Å². The van der Waals surface area contributed by atoms with Crippen LogP contribution in [0, 0.1) is 5.92 Å². The molecule has 27 heavy (non-hydrogen) atoms. The van der Waals surface area contributed by atoms with Crippen molar-refractivity contribution in [3.8, 4) is 10.7 Å². The average Bonchev–Trinajstić information content (AvgIpc) is 3.32. The number of ether oxygens (including phenoxy) is 2. The Hall–Kier alpha value is -2.03. The van der Waals surface area contributed by atoms with E-state index < -0.39 is 18.0 Å². The lowest BCUT2D eigenvalue weighted by Crippen LogP contribution is -2.19. The first-order valence-corrected chi connectivity index (χ1v) is 10.2. The normalized spacial score (nSPS) is 14.6. The molecule has 0 radical (unpaired) electrons. The highest BCUT2D eigenvalue weighted by atomic mass is 32.1. The van der Waals surface area contributed by atoms with Crippen LogP contribution in [0.3, 0.4) is 0 Å². The van der Waals surface area contributed by atoms with Crippen molar-refractivity contribution in [3.05, 3.63) is 39.4 Å². The maximum atomic E-state index is 11.4. The van der Waals surface area contributed by atoms with Crippen LogP contribution in [0.1, 0.15) is 37.4 Å². The number of aliphatic hydroxyl groups excluding tert-OH is 1. The second-order valence-electron chi connectivity index (χ2n) is 6.22. The summed E-state index contributed by atoms with van der Waals surface area (Å²) >= 11 is 3.15. The Morgan fingerprint density at radius 1 is 1.15 bits per heavy atom. The van der Waals surface area contributed by atoms with Crippen LogP contribution in [0.25, 0.3) is 16.8 Å². The van der Waals surface area contributed by atoms with Gasteiger partial charge in [0.05, 0.1) is 37.1 Å². The Morgan fingerprint density at radius 3 is 2.48 bits per heavy atom. The van der Waals surface area contributed by atoms with E-state index in [2.05, 4.69) is 28.6 Å². The van der Waals surface area contributed by atoms with Crippen LogP contribution in [0.4, 0.5) is 0 Å². The number of carbonyl (C=O) groups excluding carboxylic acids is 1. The van der Waals surface area contributed by atoms with Crippen molar-refractivity contribution in [1.82, 2.24) is 9.97 Å². The maximum absolute atomic E-state index is 11.4. The van der Waals surface area contributed by atoms with Crippen LogP contribution in [-0.2, 0) is 14.3 Å². The summed E-state index contributed by atoms with van der Waals surface area (Å²) < 4.78 is 9.78. The van der Waals surface area contributed by atoms with E-state index in [4.69, 9.17) is 4.74 Å². The molecule has 0 spiro atoms. The highest BCUT2D eigenvalue weighted by Crippen LogP contribution is 2.29. The zero-order valence-corrected chi connectivity index (χ0v) is 17.6. The van der Waals surface area contributed by atoms with Gasteiger partial charge in [0.2, 0.25) is 0 Å². The van der Waals surface area contributed by atoms with Crippen LogP contribution >= 0.6 is 22.7 Å². The number of rotatable bonds is 8. The largest absolute Gasteiger partial charge is 0.500 e. The molecule has 1 N–H and O–H groups in total. The van der Waals surface area contributed by atoms with Crippen molar-refractivity contribution < 1.29 is 19.4 Å². The number of hydrogen-bond donors (Lipinski definition) is 1. The molecule has 2 aromatic rings. The first-order chi connectivity index (χ1) is 12.8. The molecule has 2 heterocycles. The Labute approximate surface area is 167 Å². The molecule has 0 amide bonds. The smallest absolute Gasteiger partial charge is 0.333 e. The van der Waals surface area contributed by atoms with Gasteiger partial charge in [-0.1, -0.05) is 26.8 Å². The zero-order chi connectivity index (χ0) is 20.0. The summed E-state index contributed by atoms with van der Waals surface area (Å²) in [6.07, 6.45) is 3.78. The number of methoxy groups -OCH3 is 2. The molecule has 6 nitrogen and oxygen atoms in total. The third-order valence-corrected chi connectivity index (χ3v) is 5.91. The minimum absolute atomic E-state index is 0.349. The minimum Gasteiger partial charge on any atom is -0.500 e. The van der Waals surface area contributed by atoms with Crippen molar-refractivity contribution in [2.75, 3.05) is 14.2 Å². The van der Waals surface area contributed by atoms with Crippen molar-refractivity contribution >= 4 is 34.7 Å². The van der Waals surface area contributed by atoms with Gasteiger partial charge in [0.25, 0.3) is 0 Å². The Morgan fingerprint density at radius 2 is 1.89 bits per heavy atom. The van der Waals surface area contributed by atoms with E-state index in [1.54, 1.807) is 30.4 Å². The fourth-order valence-electron chi connectivity index (χ4n) is 2.21. The summed E-state index contributed by atoms with van der Waals surface area (Å²) in [5.74, 6) is -0.187. The van der Waals surface area contributed by atoms with E-state index in [0.717, 1.165) is 21.4 Å². The molecule has 146 valence electrons. The molecule has 0 unspecified atom stereocenters. The van der Waals surface area contributed by atoms with Crippen LogP contribution < -0.4 is 0 Å². The average molecular weight is 409 g/mol. The summed E-state index contributed by atoms with van der Waals surface area (Å²) in [4.78, 5) is 20.5. The topological polar surface area (TPSA) is 81.5 Å². The number of hydrogen-bond acceptors (Lipinski definition) is 8. The Bertz CT molecular complexity index is 823. The molecular formula is C19H24N2O4S2. The third-order valence-electron chi connectivity index (χ3n) is 3.88. The standard InChI is InChI=1S/C19H24N2O4S2/c1-11(2)18-21-14(10-27-18)19-20-13(9-26-19)6-7-15(22)12(3)16(24-4)8-17(23)25-5/h6-12,15,22H,1-5H3/t12-,15+/m1/s1. The summed E-state index contributed by atoms with van der Waals surface area (Å²) in [5, 5.41) is 16.2. The second-order valence-corrected chi connectivity index (χ2v) is 7.96. The second kappa shape index (κ2) is 9.77. The fourth-order valence-corrected chi connectivity index (χ4v) is 3.86. The van der Waals surface area contributed by atoms with Gasteiger partial charge in [0, 0.05) is 22.6 Å². The van der Waals surface area contributed by atoms with Gasteiger partial charge in [-0.3, -0.25) is 0 Å². The molecule has 0 fully saturated rings. The fraction of sp³-hybridized carbons (Fsp3) is 0.421. The van der Waals surface area contributed by atoms with Gasteiger partial charge in [-0.15, -0.1) is 22.7 Å². The van der Waals surface area contributed by atoms with Gasteiger partial charge < -0.3 is 14.6 Å². The lowest BCUT2D eigenvalue weighted by molar-refractivity contribution is -0.135. The number of aromatic nitrogens is 2. The lowest BCUT2D eigenvalue weighted by atomic mass is 10.0. The number of nitrogens with zero attached hydrogens (tertiary/aromatic N) is 2. The lowest BCUT2D eigenvalue weighted by Gasteiger charge is -2.17. The van der Waals surface area contributed by atoms with E-state index in [9.17, 15) is 9.90 Å². The van der Waals surface area contributed by atoms with E-state index in [-0.39, 0.29) is 0 Å². The predicted octanol–water partition coefficient (Wildman–Crippen LogP) is 4.10. The molecule has 2 atom stereocenters. The third kappa shape index (κ3) is 5.72. The number of carbonyl (C=O) groups is 1. The highest BCUT2D eigenvalue weighted by molar-refractivity contribution is 7.14. The van der Waals surface area contributed by atoms with Gasteiger partial charge >= 0.3 is 5.97 Å². The highest BCUT2D eigenvalue weighted by Gasteiger charge is 2.19. The van der Waals surface area contributed by atoms with Crippen molar-refractivity contribution in [3.63, 3.8) is 0 Å². The van der Waals surface area contributed by atoms with Gasteiger partial charge in [0.1, 0.15) is 16.5 Å². The summed E-state index contributed by atoms with van der Waals surface area (Å²) in [5.41, 5.74) is 1.63. The molecule has 8 heteroatoms.